The highest BCUT2D eigenvalue weighted by Gasteiger charge is 2.27. The number of benzene rings is 1. The third kappa shape index (κ3) is 4.02. The number of nitrogens with two attached hydrogens (primary N) is 1. The first-order valence-electron chi connectivity index (χ1n) is 6.46. The summed E-state index contributed by atoms with van der Waals surface area (Å²) in [6.07, 6.45) is 0. The SMILES string of the molecule is COCC(C)(C)NS(=O)(=O)c1cc(CN)cc(C)c1C. The van der Waals surface area contributed by atoms with Crippen LogP contribution >= 0.6 is 0 Å². The van der Waals surface area contributed by atoms with Gasteiger partial charge in [0, 0.05) is 13.7 Å². The molecular weight excluding hydrogens is 276 g/mol. The van der Waals surface area contributed by atoms with Gasteiger partial charge in [-0.15, -0.1) is 0 Å². The quantitative estimate of drug-likeness (QED) is 0.833. The Morgan fingerprint density at radius 1 is 1.30 bits per heavy atom. The first-order chi connectivity index (χ1) is 9.13. The van der Waals surface area contributed by atoms with Crippen LogP contribution in [0.4, 0.5) is 0 Å². The van der Waals surface area contributed by atoms with E-state index in [0.29, 0.717) is 13.2 Å². The Bertz CT molecular complexity index is 580. The molecule has 1 rings (SSSR count). The van der Waals surface area contributed by atoms with Crippen LogP contribution in [0.3, 0.4) is 0 Å². The Kier molecular flexibility index (Phi) is 5.32. The predicted molar refractivity (Wildman–Crippen MR) is 80.1 cm³/mol. The highest BCUT2D eigenvalue weighted by atomic mass is 32.2. The second kappa shape index (κ2) is 6.22. The summed E-state index contributed by atoms with van der Waals surface area (Å²) in [5.74, 6) is 0. The van der Waals surface area contributed by atoms with Gasteiger partial charge in [-0.2, -0.15) is 0 Å². The Labute approximate surface area is 121 Å². The first kappa shape index (κ1) is 17.1. The third-order valence-electron chi connectivity index (χ3n) is 3.12. The van der Waals surface area contributed by atoms with E-state index in [2.05, 4.69) is 4.72 Å². The number of hydrogen-bond acceptors (Lipinski definition) is 4. The maximum atomic E-state index is 12.6. The molecule has 1 aromatic rings. The molecule has 20 heavy (non-hydrogen) atoms. The van der Waals surface area contributed by atoms with Gasteiger partial charge in [0.05, 0.1) is 17.0 Å². The lowest BCUT2D eigenvalue weighted by atomic mass is 10.1. The summed E-state index contributed by atoms with van der Waals surface area (Å²) < 4.78 is 32.8. The van der Waals surface area contributed by atoms with E-state index < -0.39 is 15.6 Å². The van der Waals surface area contributed by atoms with Crippen LogP contribution in [0.2, 0.25) is 0 Å². The van der Waals surface area contributed by atoms with Crippen LogP contribution < -0.4 is 10.5 Å². The van der Waals surface area contributed by atoms with E-state index in [9.17, 15) is 8.42 Å². The molecule has 0 aliphatic heterocycles. The van der Waals surface area contributed by atoms with E-state index in [1.54, 1.807) is 33.9 Å². The van der Waals surface area contributed by atoms with Gasteiger partial charge >= 0.3 is 0 Å². The maximum Gasteiger partial charge on any atom is 0.241 e. The zero-order chi connectivity index (χ0) is 15.6. The molecule has 0 saturated heterocycles. The van der Waals surface area contributed by atoms with Crippen molar-refractivity contribution in [3.63, 3.8) is 0 Å². The monoisotopic (exact) mass is 300 g/mol. The van der Waals surface area contributed by atoms with Gasteiger partial charge in [0.1, 0.15) is 0 Å². The fraction of sp³-hybridized carbons (Fsp3) is 0.571. The highest BCUT2D eigenvalue weighted by Crippen LogP contribution is 2.22. The second-order valence-corrected chi connectivity index (χ2v) is 7.31. The summed E-state index contributed by atoms with van der Waals surface area (Å²) in [5.41, 5.74) is 7.40. The number of nitrogens with one attached hydrogen (secondary N) is 1. The van der Waals surface area contributed by atoms with E-state index in [1.807, 2.05) is 13.0 Å². The summed E-state index contributed by atoms with van der Waals surface area (Å²) >= 11 is 0. The molecule has 0 saturated carbocycles. The fourth-order valence-corrected chi connectivity index (χ4v) is 3.87. The van der Waals surface area contributed by atoms with E-state index in [1.165, 1.54) is 0 Å². The molecule has 1 aromatic carbocycles. The largest absolute Gasteiger partial charge is 0.383 e. The van der Waals surface area contributed by atoms with Crippen molar-refractivity contribution in [1.82, 2.24) is 4.72 Å². The van der Waals surface area contributed by atoms with Gasteiger partial charge in [-0.25, -0.2) is 13.1 Å². The molecule has 0 heterocycles. The minimum Gasteiger partial charge on any atom is -0.383 e. The van der Waals surface area contributed by atoms with Crippen LogP contribution in [0.1, 0.15) is 30.5 Å². The van der Waals surface area contributed by atoms with Crippen molar-refractivity contribution in [1.29, 1.82) is 0 Å². The maximum absolute atomic E-state index is 12.6. The molecule has 0 aliphatic rings. The minimum absolute atomic E-state index is 0.280. The number of methoxy groups -OCH3 is 1. The molecule has 0 aliphatic carbocycles. The Hall–Kier alpha value is -0.950. The van der Waals surface area contributed by atoms with Gasteiger partial charge in [-0.1, -0.05) is 6.07 Å². The van der Waals surface area contributed by atoms with E-state index in [0.717, 1.165) is 16.7 Å². The van der Waals surface area contributed by atoms with Gasteiger partial charge in [-0.3, -0.25) is 0 Å². The highest BCUT2D eigenvalue weighted by molar-refractivity contribution is 7.89. The molecule has 0 fully saturated rings. The second-order valence-electron chi connectivity index (χ2n) is 5.66. The lowest BCUT2D eigenvalue weighted by Crippen LogP contribution is -2.46. The fourth-order valence-electron chi connectivity index (χ4n) is 2.10. The molecule has 5 nitrogen and oxygen atoms in total. The Balaban J connectivity index is 3.25. The predicted octanol–water partition coefficient (Wildman–Crippen LogP) is 1.47. The average Bonchev–Trinajstić information content (AvgIpc) is 2.30. The lowest BCUT2D eigenvalue weighted by Gasteiger charge is -2.25. The number of rotatable bonds is 6. The molecule has 6 heteroatoms. The molecule has 0 spiro atoms. The number of aryl methyl sites for hydroxylation is 1. The van der Waals surface area contributed by atoms with Gasteiger partial charge in [-0.05, 0) is 50.5 Å². The van der Waals surface area contributed by atoms with Crippen molar-refractivity contribution in [2.45, 2.75) is 44.7 Å². The van der Waals surface area contributed by atoms with Crippen LogP contribution in [0.5, 0.6) is 0 Å². The Morgan fingerprint density at radius 3 is 2.40 bits per heavy atom. The van der Waals surface area contributed by atoms with Crippen molar-refractivity contribution in [3.05, 3.63) is 28.8 Å². The van der Waals surface area contributed by atoms with Crippen molar-refractivity contribution >= 4 is 10.0 Å². The molecule has 0 bridgehead atoms. The van der Waals surface area contributed by atoms with Crippen LogP contribution in [0.25, 0.3) is 0 Å². The summed E-state index contributed by atoms with van der Waals surface area (Å²) in [4.78, 5) is 0.280. The smallest absolute Gasteiger partial charge is 0.241 e. The van der Waals surface area contributed by atoms with Crippen molar-refractivity contribution in [2.75, 3.05) is 13.7 Å². The summed E-state index contributed by atoms with van der Waals surface area (Å²) in [7, 11) is -2.07. The first-order valence-corrected chi connectivity index (χ1v) is 7.94. The summed E-state index contributed by atoms with van der Waals surface area (Å²) in [6, 6.07) is 3.54. The molecule has 0 radical (unpaired) electrons. The standard InChI is InChI=1S/C14H24N2O3S/c1-10-6-12(8-15)7-13(11(10)2)20(17,18)16-14(3,4)9-19-5/h6-7,16H,8-9,15H2,1-5H3. The molecule has 3 N–H and O–H groups in total. The summed E-state index contributed by atoms with van der Waals surface area (Å²) in [5, 5.41) is 0. The molecule has 0 aromatic heterocycles. The summed E-state index contributed by atoms with van der Waals surface area (Å²) in [6.45, 7) is 7.85. The average molecular weight is 300 g/mol. The number of sulfonamides is 1. The molecule has 0 unspecified atom stereocenters. The van der Waals surface area contributed by atoms with Crippen molar-refractivity contribution in [2.24, 2.45) is 5.73 Å². The van der Waals surface area contributed by atoms with Crippen LogP contribution in [0, 0.1) is 13.8 Å². The van der Waals surface area contributed by atoms with Crippen molar-refractivity contribution in [3.8, 4) is 0 Å². The molecular formula is C14H24N2O3S. The normalized spacial score (nSPS) is 12.7. The van der Waals surface area contributed by atoms with Crippen LogP contribution in [-0.2, 0) is 21.3 Å². The topological polar surface area (TPSA) is 81.4 Å². The zero-order valence-electron chi connectivity index (χ0n) is 12.8. The van der Waals surface area contributed by atoms with Crippen LogP contribution in [-0.4, -0.2) is 27.7 Å². The van der Waals surface area contributed by atoms with Crippen molar-refractivity contribution < 1.29 is 13.2 Å². The van der Waals surface area contributed by atoms with Crippen LogP contribution in [0.15, 0.2) is 17.0 Å². The van der Waals surface area contributed by atoms with Gasteiger partial charge < -0.3 is 10.5 Å². The third-order valence-corrected chi connectivity index (χ3v) is 4.94. The van der Waals surface area contributed by atoms with E-state index >= 15 is 0 Å². The molecule has 114 valence electrons. The van der Waals surface area contributed by atoms with E-state index in [-0.39, 0.29) is 4.90 Å². The zero-order valence-corrected chi connectivity index (χ0v) is 13.6. The Morgan fingerprint density at radius 2 is 1.90 bits per heavy atom. The number of hydrogen-bond donors (Lipinski definition) is 2. The lowest BCUT2D eigenvalue weighted by molar-refractivity contribution is 0.141. The minimum atomic E-state index is -3.61. The van der Waals surface area contributed by atoms with E-state index in [4.69, 9.17) is 10.5 Å². The molecule has 0 atom stereocenters. The van der Waals surface area contributed by atoms with Gasteiger partial charge in [0.15, 0.2) is 0 Å². The van der Waals surface area contributed by atoms with Gasteiger partial charge in [0.2, 0.25) is 10.0 Å². The molecule has 0 amide bonds. The number of ether oxygens (including phenoxy) is 1. The van der Waals surface area contributed by atoms with Gasteiger partial charge in [0.25, 0.3) is 0 Å².